The van der Waals surface area contributed by atoms with Crippen molar-refractivity contribution in [1.82, 2.24) is 5.32 Å². The molecule has 1 atom stereocenters. The van der Waals surface area contributed by atoms with Gasteiger partial charge in [0.05, 0.1) is 11.5 Å². The van der Waals surface area contributed by atoms with Crippen molar-refractivity contribution in [3.63, 3.8) is 0 Å². The highest BCUT2D eigenvalue weighted by molar-refractivity contribution is 8.13. The fourth-order valence-electron chi connectivity index (χ4n) is 4.56. The molecule has 0 bridgehead atoms. The van der Waals surface area contributed by atoms with Gasteiger partial charge in [0.1, 0.15) is 11.8 Å². The van der Waals surface area contributed by atoms with Crippen LogP contribution in [-0.2, 0) is 25.5 Å². The molecule has 0 aromatic heterocycles. The minimum atomic E-state index is -4.83. The van der Waals surface area contributed by atoms with E-state index in [4.69, 9.17) is 4.74 Å². The van der Waals surface area contributed by atoms with Crippen molar-refractivity contribution in [2.75, 3.05) is 17.7 Å². The molecule has 0 aliphatic heterocycles. The van der Waals surface area contributed by atoms with Crippen molar-refractivity contribution in [1.29, 1.82) is 0 Å². The van der Waals surface area contributed by atoms with Crippen LogP contribution in [0.4, 0.5) is 18.9 Å². The Morgan fingerprint density at radius 3 is 2.26 bits per heavy atom. The normalized spacial score (nSPS) is 20.1. The smallest absolute Gasteiger partial charge is 0.406 e. The lowest BCUT2D eigenvalue weighted by atomic mass is 9.73. The number of anilines is 1. The molecule has 7 nitrogen and oxygen atoms in total. The fraction of sp³-hybridized carbons (Fsp3) is 0.464. The number of halogens is 3. The SMILES string of the molecule is CCO[C@H]1CC[C@@](CSC(C)=O)(C(=O)N[C@@H](Cc2ccccc2)C(=O)Nc2ccc(OC(F)(F)F)cc2)CC1. The molecule has 0 spiro atoms. The third-order valence-electron chi connectivity index (χ3n) is 6.59. The quantitative estimate of drug-likeness (QED) is 0.373. The number of amides is 2. The summed E-state index contributed by atoms with van der Waals surface area (Å²) in [5, 5.41) is 5.50. The summed E-state index contributed by atoms with van der Waals surface area (Å²) < 4.78 is 47.0. The Balaban J connectivity index is 1.78. The predicted octanol–water partition coefficient (Wildman–Crippen LogP) is 5.50. The van der Waals surface area contributed by atoms with Crippen molar-refractivity contribution < 1.29 is 37.0 Å². The van der Waals surface area contributed by atoms with Crippen LogP contribution < -0.4 is 15.4 Å². The molecule has 1 aliphatic carbocycles. The van der Waals surface area contributed by atoms with E-state index in [2.05, 4.69) is 15.4 Å². The van der Waals surface area contributed by atoms with Gasteiger partial charge in [0.25, 0.3) is 0 Å². The molecule has 3 rings (SSSR count). The van der Waals surface area contributed by atoms with Gasteiger partial charge in [0, 0.05) is 31.4 Å². The Morgan fingerprint density at radius 1 is 1.05 bits per heavy atom. The number of thioether (sulfide) groups is 1. The highest BCUT2D eigenvalue weighted by atomic mass is 32.2. The number of rotatable bonds is 11. The summed E-state index contributed by atoms with van der Waals surface area (Å²) in [7, 11) is 0. The molecule has 212 valence electrons. The van der Waals surface area contributed by atoms with Crippen LogP contribution in [0.5, 0.6) is 5.75 Å². The lowest BCUT2D eigenvalue weighted by Gasteiger charge is -2.39. The maximum absolute atomic E-state index is 13.8. The number of alkyl halides is 3. The number of carbonyl (C=O) groups is 3. The number of nitrogens with one attached hydrogen (secondary N) is 2. The number of benzene rings is 2. The Kier molecular flexibility index (Phi) is 10.8. The van der Waals surface area contributed by atoms with Crippen LogP contribution in [0.1, 0.15) is 45.1 Å². The van der Waals surface area contributed by atoms with E-state index in [1.807, 2.05) is 37.3 Å². The summed E-state index contributed by atoms with van der Waals surface area (Å²) in [6, 6.07) is 13.0. The fourth-order valence-corrected chi connectivity index (χ4v) is 5.46. The molecule has 0 radical (unpaired) electrons. The van der Waals surface area contributed by atoms with Crippen LogP contribution in [0.3, 0.4) is 0 Å². The number of hydrogen-bond donors (Lipinski definition) is 2. The molecule has 39 heavy (non-hydrogen) atoms. The Labute approximate surface area is 230 Å². The topological polar surface area (TPSA) is 93.7 Å². The van der Waals surface area contributed by atoms with Gasteiger partial charge < -0.3 is 20.1 Å². The van der Waals surface area contributed by atoms with Gasteiger partial charge in [-0.15, -0.1) is 13.2 Å². The highest BCUT2D eigenvalue weighted by Gasteiger charge is 2.43. The van der Waals surface area contributed by atoms with Crippen molar-refractivity contribution in [3.8, 4) is 5.75 Å². The van der Waals surface area contributed by atoms with Gasteiger partial charge in [-0.3, -0.25) is 14.4 Å². The van der Waals surface area contributed by atoms with Crippen molar-refractivity contribution in [3.05, 3.63) is 60.2 Å². The monoisotopic (exact) mass is 566 g/mol. The first-order valence-electron chi connectivity index (χ1n) is 12.8. The Morgan fingerprint density at radius 2 is 1.69 bits per heavy atom. The zero-order chi connectivity index (χ0) is 28.5. The Hall–Kier alpha value is -3.05. The standard InChI is InChI=1S/C28H33F3N2O5S/c1-3-37-22-13-15-27(16-14-22,18-39-19(2)34)26(36)33-24(17-20-7-5-4-6-8-20)25(35)32-21-9-11-23(12-10-21)38-28(29,30)31/h4-12,22,24H,3,13-18H2,1-2H3,(H,32,35)(H,33,36)/t22-,24-,27+/m0/s1. The van der Waals surface area contributed by atoms with Gasteiger partial charge in [-0.05, 0) is 62.4 Å². The van der Waals surface area contributed by atoms with E-state index < -0.39 is 29.5 Å². The van der Waals surface area contributed by atoms with Crippen molar-refractivity contribution in [2.45, 2.75) is 64.5 Å². The molecule has 2 aromatic rings. The molecule has 2 N–H and O–H groups in total. The van der Waals surface area contributed by atoms with Crippen molar-refractivity contribution >= 4 is 34.4 Å². The molecule has 2 aromatic carbocycles. The predicted molar refractivity (Wildman–Crippen MR) is 143 cm³/mol. The maximum Gasteiger partial charge on any atom is 0.573 e. The van der Waals surface area contributed by atoms with Crippen LogP contribution in [-0.4, -0.2) is 47.8 Å². The number of carbonyl (C=O) groups excluding carboxylic acids is 3. The van der Waals surface area contributed by atoms with Gasteiger partial charge in [0.15, 0.2) is 5.12 Å². The third kappa shape index (κ3) is 9.58. The highest BCUT2D eigenvalue weighted by Crippen LogP contribution is 2.40. The van der Waals surface area contributed by atoms with Crippen LogP contribution in [0, 0.1) is 5.41 Å². The van der Waals surface area contributed by atoms with Crippen molar-refractivity contribution in [2.24, 2.45) is 5.41 Å². The molecule has 1 fully saturated rings. The average Bonchev–Trinajstić information content (AvgIpc) is 2.89. The molecule has 11 heteroatoms. The lowest BCUT2D eigenvalue weighted by Crippen LogP contribution is -2.53. The molecule has 0 heterocycles. The van der Waals surface area contributed by atoms with Gasteiger partial charge in [-0.2, -0.15) is 0 Å². The van der Waals surface area contributed by atoms with Crippen LogP contribution in [0.2, 0.25) is 0 Å². The first-order chi connectivity index (χ1) is 18.5. The molecule has 2 amide bonds. The molecular formula is C28H33F3N2O5S. The van der Waals surface area contributed by atoms with E-state index >= 15 is 0 Å². The summed E-state index contributed by atoms with van der Waals surface area (Å²) in [6.07, 6.45) is -2.21. The second-order valence-electron chi connectivity index (χ2n) is 9.49. The van der Waals surface area contributed by atoms with Gasteiger partial charge in [-0.1, -0.05) is 42.1 Å². The largest absolute Gasteiger partial charge is 0.573 e. The zero-order valence-electron chi connectivity index (χ0n) is 21.9. The second-order valence-corrected chi connectivity index (χ2v) is 10.6. The number of ether oxygens (including phenoxy) is 2. The van der Waals surface area contributed by atoms with E-state index in [-0.39, 0.29) is 29.2 Å². The third-order valence-corrected chi connectivity index (χ3v) is 7.69. The summed E-state index contributed by atoms with van der Waals surface area (Å²) in [6.45, 7) is 3.96. The van der Waals surface area contributed by atoms with Gasteiger partial charge in [0.2, 0.25) is 11.8 Å². The second kappa shape index (κ2) is 13.8. The molecular weight excluding hydrogens is 533 g/mol. The minimum absolute atomic E-state index is 0.0472. The number of hydrogen-bond acceptors (Lipinski definition) is 6. The van der Waals surface area contributed by atoms with Crippen LogP contribution >= 0.6 is 11.8 Å². The molecule has 1 saturated carbocycles. The summed E-state index contributed by atoms with van der Waals surface area (Å²) in [5.74, 6) is -0.944. The summed E-state index contributed by atoms with van der Waals surface area (Å²) >= 11 is 1.09. The summed E-state index contributed by atoms with van der Waals surface area (Å²) in [5.41, 5.74) is 0.232. The molecule has 0 saturated heterocycles. The first kappa shape index (κ1) is 30.5. The van der Waals surface area contributed by atoms with Gasteiger partial charge in [-0.25, -0.2) is 0 Å². The average molecular weight is 567 g/mol. The minimum Gasteiger partial charge on any atom is -0.406 e. The summed E-state index contributed by atoms with van der Waals surface area (Å²) in [4.78, 5) is 38.9. The van der Waals surface area contributed by atoms with E-state index in [0.29, 0.717) is 38.0 Å². The molecule has 0 unspecified atom stereocenters. The van der Waals surface area contributed by atoms with E-state index in [1.54, 1.807) is 0 Å². The molecule has 1 aliphatic rings. The van der Waals surface area contributed by atoms with Crippen LogP contribution in [0.15, 0.2) is 54.6 Å². The van der Waals surface area contributed by atoms with E-state index in [0.717, 1.165) is 29.5 Å². The maximum atomic E-state index is 13.8. The van der Waals surface area contributed by atoms with E-state index in [1.165, 1.54) is 19.1 Å². The van der Waals surface area contributed by atoms with Gasteiger partial charge >= 0.3 is 6.36 Å². The zero-order valence-corrected chi connectivity index (χ0v) is 22.7. The van der Waals surface area contributed by atoms with Crippen LogP contribution in [0.25, 0.3) is 0 Å². The first-order valence-corrected chi connectivity index (χ1v) is 13.7. The van der Waals surface area contributed by atoms with E-state index in [9.17, 15) is 27.6 Å². The lowest BCUT2D eigenvalue weighted by molar-refractivity contribution is -0.274. The Bertz CT molecular complexity index is 1100.